The van der Waals surface area contributed by atoms with Gasteiger partial charge in [-0.15, -0.1) is 0 Å². The van der Waals surface area contributed by atoms with Crippen LogP contribution in [-0.2, 0) is 6.42 Å². The van der Waals surface area contributed by atoms with E-state index in [4.69, 9.17) is 4.52 Å². The fraction of sp³-hybridized carbons (Fsp3) is 0.733. The maximum Gasteiger partial charge on any atom is 0.273 e. The van der Waals surface area contributed by atoms with Crippen molar-refractivity contribution in [2.24, 2.45) is 5.41 Å². The first-order chi connectivity index (χ1) is 9.38. The van der Waals surface area contributed by atoms with Crippen LogP contribution in [0, 0.1) is 5.41 Å². The number of amides is 1. The molecule has 1 rings (SSSR count). The molecule has 0 aliphatic carbocycles. The highest BCUT2D eigenvalue weighted by atomic mass is 16.5. The summed E-state index contributed by atoms with van der Waals surface area (Å²) >= 11 is 0. The van der Waals surface area contributed by atoms with Crippen LogP contribution in [0.2, 0.25) is 0 Å². The van der Waals surface area contributed by atoms with Crippen molar-refractivity contribution >= 4 is 5.91 Å². The predicted octanol–water partition coefficient (Wildman–Crippen LogP) is 2.33. The summed E-state index contributed by atoms with van der Waals surface area (Å²) in [6, 6.07) is 1.70. The zero-order chi connectivity index (χ0) is 15.2. The molecule has 0 bridgehead atoms. The molecule has 0 atom stereocenters. The minimum atomic E-state index is -0.167. The van der Waals surface area contributed by atoms with E-state index >= 15 is 0 Å². The molecule has 5 heteroatoms. The Morgan fingerprint density at radius 1 is 1.45 bits per heavy atom. The molecule has 0 unspecified atom stereocenters. The molecule has 1 aromatic rings. The zero-order valence-electron chi connectivity index (χ0n) is 13.3. The fourth-order valence-electron chi connectivity index (χ4n) is 2.24. The molecule has 1 N–H and O–H groups in total. The van der Waals surface area contributed by atoms with Gasteiger partial charge in [-0.05, 0) is 25.4 Å². The van der Waals surface area contributed by atoms with Crippen molar-refractivity contribution in [3.8, 4) is 0 Å². The molecule has 0 spiro atoms. The molecule has 114 valence electrons. The number of aromatic nitrogens is 1. The molecule has 1 heterocycles. The van der Waals surface area contributed by atoms with Gasteiger partial charge < -0.3 is 14.7 Å². The lowest BCUT2D eigenvalue weighted by molar-refractivity contribution is 0.0917. The first-order valence-electron chi connectivity index (χ1n) is 7.30. The molecule has 0 saturated carbocycles. The topological polar surface area (TPSA) is 58.4 Å². The zero-order valence-corrected chi connectivity index (χ0v) is 13.3. The summed E-state index contributed by atoms with van der Waals surface area (Å²) < 4.78 is 5.04. The van der Waals surface area contributed by atoms with Gasteiger partial charge in [0.15, 0.2) is 5.69 Å². The molecule has 0 saturated heterocycles. The van der Waals surface area contributed by atoms with E-state index in [1.165, 1.54) is 0 Å². The van der Waals surface area contributed by atoms with Crippen molar-refractivity contribution in [1.82, 2.24) is 15.4 Å². The van der Waals surface area contributed by atoms with Crippen LogP contribution in [0.25, 0.3) is 0 Å². The number of aryl methyl sites for hydroxylation is 1. The van der Waals surface area contributed by atoms with Gasteiger partial charge in [0.1, 0.15) is 5.76 Å². The van der Waals surface area contributed by atoms with E-state index in [-0.39, 0.29) is 11.3 Å². The van der Waals surface area contributed by atoms with E-state index in [9.17, 15) is 4.79 Å². The van der Waals surface area contributed by atoms with E-state index in [0.29, 0.717) is 12.2 Å². The summed E-state index contributed by atoms with van der Waals surface area (Å²) in [6.45, 7) is 11.1. The molecule has 1 amide bonds. The summed E-state index contributed by atoms with van der Waals surface area (Å²) in [7, 11) is 2.11. The Hall–Kier alpha value is -1.36. The standard InChI is InChI=1S/C15H27N3O2/c1-6-8-18(5)11-15(3,4)10-16-14(19)13-9-12(7-2)20-17-13/h9H,6-8,10-11H2,1-5H3,(H,16,19). The highest BCUT2D eigenvalue weighted by molar-refractivity contribution is 5.92. The van der Waals surface area contributed by atoms with Crippen molar-refractivity contribution < 1.29 is 9.32 Å². The number of nitrogens with zero attached hydrogens (tertiary/aromatic N) is 2. The molecule has 5 nitrogen and oxygen atoms in total. The first kappa shape index (κ1) is 16.7. The largest absolute Gasteiger partial charge is 0.361 e. The summed E-state index contributed by atoms with van der Waals surface area (Å²) in [5, 5.41) is 6.72. The van der Waals surface area contributed by atoms with E-state index in [1.807, 2.05) is 6.92 Å². The number of hydrogen-bond donors (Lipinski definition) is 1. The molecule has 0 fully saturated rings. The van der Waals surface area contributed by atoms with Crippen LogP contribution in [0.15, 0.2) is 10.6 Å². The van der Waals surface area contributed by atoms with Gasteiger partial charge in [0.25, 0.3) is 5.91 Å². The second-order valence-electron chi connectivity index (χ2n) is 6.12. The third-order valence-electron chi connectivity index (χ3n) is 3.17. The predicted molar refractivity (Wildman–Crippen MR) is 79.8 cm³/mol. The Balaban J connectivity index is 2.46. The van der Waals surface area contributed by atoms with Gasteiger partial charge in [0, 0.05) is 25.6 Å². The first-order valence-corrected chi connectivity index (χ1v) is 7.30. The van der Waals surface area contributed by atoms with Crippen molar-refractivity contribution in [1.29, 1.82) is 0 Å². The minimum absolute atomic E-state index is 0.0247. The highest BCUT2D eigenvalue weighted by Crippen LogP contribution is 2.15. The van der Waals surface area contributed by atoms with Crippen LogP contribution in [0.5, 0.6) is 0 Å². The smallest absolute Gasteiger partial charge is 0.273 e. The Kier molecular flexibility index (Phi) is 6.20. The summed E-state index contributed by atoms with van der Waals surface area (Å²) in [5.74, 6) is 0.566. The highest BCUT2D eigenvalue weighted by Gasteiger charge is 2.22. The van der Waals surface area contributed by atoms with Gasteiger partial charge in [0.2, 0.25) is 0 Å². The summed E-state index contributed by atoms with van der Waals surface area (Å²) in [4.78, 5) is 14.3. The second-order valence-corrected chi connectivity index (χ2v) is 6.12. The van der Waals surface area contributed by atoms with Crippen molar-refractivity contribution in [2.75, 3.05) is 26.7 Å². The number of carbonyl (C=O) groups excluding carboxylic acids is 1. The molecule has 0 aliphatic heterocycles. The van der Waals surface area contributed by atoms with Gasteiger partial charge in [-0.1, -0.05) is 32.9 Å². The molecular weight excluding hydrogens is 254 g/mol. The van der Waals surface area contributed by atoms with Gasteiger partial charge >= 0.3 is 0 Å². The van der Waals surface area contributed by atoms with Crippen LogP contribution in [-0.4, -0.2) is 42.6 Å². The van der Waals surface area contributed by atoms with Gasteiger partial charge in [-0.3, -0.25) is 4.79 Å². The SMILES string of the molecule is CCCN(C)CC(C)(C)CNC(=O)c1cc(CC)on1. The van der Waals surface area contributed by atoms with Gasteiger partial charge in [0.05, 0.1) is 0 Å². The van der Waals surface area contributed by atoms with Gasteiger partial charge in [-0.2, -0.15) is 0 Å². The van der Waals surface area contributed by atoms with Crippen LogP contribution in [0.4, 0.5) is 0 Å². The normalized spacial score (nSPS) is 11.9. The maximum atomic E-state index is 12.0. The quantitative estimate of drug-likeness (QED) is 0.794. The molecule has 0 aromatic carbocycles. The fourth-order valence-corrected chi connectivity index (χ4v) is 2.24. The third kappa shape index (κ3) is 5.33. The van der Waals surface area contributed by atoms with E-state index in [0.717, 1.165) is 31.7 Å². The molecular formula is C15H27N3O2. The number of hydrogen-bond acceptors (Lipinski definition) is 4. The summed E-state index contributed by atoms with van der Waals surface area (Å²) in [5.41, 5.74) is 0.385. The molecule has 20 heavy (non-hydrogen) atoms. The van der Waals surface area contributed by atoms with Crippen LogP contribution in [0.3, 0.4) is 0 Å². The van der Waals surface area contributed by atoms with E-state index < -0.39 is 0 Å². The van der Waals surface area contributed by atoms with E-state index in [2.05, 4.69) is 43.2 Å². The Morgan fingerprint density at radius 3 is 2.70 bits per heavy atom. The van der Waals surface area contributed by atoms with E-state index in [1.54, 1.807) is 6.07 Å². The van der Waals surface area contributed by atoms with Gasteiger partial charge in [-0.25, -0.2) is 0 Å². The van der Waals surface area contributed by atoms with Crippen LogP contribution in [0.1, 0.15) is 50.4 Å². The maximum absolute atomic E-state index is 12.0. The Morgan fingerprint density at radius 2 is 2.15 bits per heavy atom. The monoisotopic (exact) mass is 281 g/mol. The number of rotatable bonds is 8. The lowest BCUT2D eigenvalue weighted by Gasteiger charge is -2.30. The minimum Gasteiger partial charge on any atom is -0.361 e. The lowest BCUT2D eigenvalue weighted by atomic mass is 9.92. The number of carbonyl (C=O) groups is 1. The number of nitrogens with one attached hydrogen (secondary N) is 1. The molecule has 0 aliphatic rings. The van der Waals surface area contributed by atoms with Crippen molar-refractivity contribution in [2.45, 2.75) is 40.5 Å². The second kappa shape index (κ2) is 7.43. The Labute approximate surface area is 121 Å². The van der Waals surface area contributed by atoms with Crippen molar-refractivity contribution in [3.63, 3.8) is 0 Å². The van der Waals surface area contributed by atoms with Crippen LogP contribution >= 0.6 is 0 Å². The average Bonchev–Trinajstić information content (AvgIpc) is 2.84. The molecule has 0 radical (unpaired) electrons. The average molecular weight is 281 g/mol. The van der Waals surface area contributed by atoms with Crippen molar-refractivity contribution in [3.05, 3.63) is 17.5 Å². The van der Waals surface area contributed by atoms with Crippen LogP contribution < -0.4 is 5.32 Å². The summed E-state index contributed by atoms with van der Waals surface area (Å²) in [6.07, 6.45) is 1.88. The lowest BCUT2D eigenvalue weighted by Crippen LogP contribution is -2.41. The Bertz CT molecular complexity index is 427. The molecule has 1 aromatic heterocycles. The third-order valence-corrected chi connectivity index (χ3v) is 3.17.